The number of hydrogen-bond acceptors (Lipinski definition) is 5. The van der Waals surface area contributed by atoms with E-state index < -0.39 is 6.09 Å². The molecule has 8 nitrogen and oxygen atoms in total. The maximum absolute atomic E-state index is 12.1. The van der Waals surface area contributed by atoms with Crippen molar-refractivity contribution in [2.75, 3.05) is 31.1 Å². The van der Waals surface area contributed by atoms with Crippen LogP contribution in [0.2, 0.25) is 0 Å². The first-order chi connectivity index (χ1) is 13.0. The Morgan fingerprint density at radius 2 is 2.00 bits per heavy atom. The number of anilines is 1. The third kappa shape index (κ3) is 3.56. The monoisotopic (exact) mass is 373 g/mol. The highest BCUT2D eigenvalue weighted by molar-refractivity contribution is 5.89. The summed E-state index contributed by atoms with van der Waals surface area (Å²) in [4.78, 5) is 38.1. The Kier molecular flexibility index (Phi) is 4.63. The highest BCUT2D eigenvalue weighted by Gasteiger charge is 2.38. The van der Waals surface area contributed by atoms with E-state index in [2.05, 4.69) is 5.32 Å². The Balaban J connectivity index is 1.38. The number of nitrogens with zero attached hydrogens (tertiary/aromatic N) is 2. The second-order valence-corrected chi connectivity index (χ2v) is 7.29. The van der Waals surface area contributed by atoms with Gasteiger partial charge in [0.2, 0.25) is 5.91 Å². The van der Waals surface area contributed by atoms with Crippen LogP contribution in [0.3, 0.4) is 0 Å². The zero-order valence-electron chi connectivity index (χ0n) is 15.2. The first kappa shape index (κ1) is 17.6. The molecule has 3 atom stereocenters. The minimum Gasteiger partial charge on any atom is -0.447 e. The Morgan fingerprint density at radius 3 is 2.74 bits per heavy atom. The summed E-state index contributed by atoms with van der Waals surface area (Å²) in [5.41, 5.74) is 1.99. The van der Waals surface area contributed by atoms with Crippen LogP contribution in [-0.4, -0.2) is 61.4 Å². The van der Waals surface area contributed by atoms with Crippen LogP contribution >= 0.6 is 0 Å². The van der Waals surface area contributed by atoms with Crippen molar-refractivity contribution in [3.05, 3.63) is 29.8 Å². The molecule has 1 N–H and O–H groups in total. The van der Waals surface area contributed by atoms with Crippen LogP contribution in [0.15, 0.2) is 24.3 Å². The highest BCUT2D eigenvalue weighted by Crippen LogP contribution is 2.35. The van der Waals surface area contributed by atoms with E-state index >= 15 is 0 Å². The van der Waals surface area contributed by atoms with E-state index in [1.807, 2.05) is 29.2 Å². The predicted molar refractivity (Wildman–Crippen MR) is 96.6 cm³/mol. The third-order valence-corrected chi connectivity index (χ3v) is 5.48. The Labute approximate surface area is 157 Å². The van der Waals surface area contributed by atoms with E-state index in [9.17, 15) is 14.4 Å². The summed E-state index contributed by atoms with van der Waals surface area (Å²) in [6, 6.07) is 8.11. The lowest BCUT2D eigenvalue weighted by Gasteiger charge is -2.32. The molecule has 0 aromatic heterocycles. The number of benzene rings is 1. The smallest absolute Gasteiger partial charge is 0.414 e. The molecule has 3 aliphatic heterocycles. The topological polar surface area (TPSA) is 88.2 Å². The number of rotatable bonds is 4. The maximum atomic E-state index is 12.1. The SMILES string of the molecule is CC(=O)NCC1CN(c2ccc(C3CCN4C(=O)OCC4C3)cc2)C(=O)O1. The molecule has 4 rings (SSSR count). The zero-order valence-corrected chi connectivity index (χ0v) is 15.2. The average molecular weight is 373 g/mol. The van der Waals surface area contributed by atoms with Gasteiger partial charge < -0.3 is 19.7 Å². The van der Waals surface area contributed by atoms with E-state index in [4.69, 9.17) is 9.47 Å². The number of amides is 3. The fraction of sp³-hybridized carbons (Fsp3) is 0.526. The van der Waals surface area contributed by atoms with Crippen molar-refractivity contribution in [3.63, 3.8) is 0 Å². The lowest BCUT2D eigenvalue weighted by molar-refractivity contribution is -0.119. The van der Waals surface area contributed by atoms with Gasteiger partial charge in [-0.25, -0.2) is 9.59 Å². The molecule has 3 saturated heterocycles. The number of fused-ring (bicyclic) bond motifs is 1. The fourth-order valence-electron chi connectivity index (χ4n) is 4.03. The van der Waals surface area contributed by atoms with E-state index in [-0.39, 0.29) is 24.1 Å². The summed E-state index contributed by atoms with van der Waals surface area (Å²) in [7, 11) is 0. The molecular formula is C19H23N3O5. The minimum absolute atomic E-state index is 0.144. The van der Waals surface area contributed by atoms with Crippen LogP contribution in [0.5, 0.6) is 0 Å². The van der Waals surface area contributed by atoms with Crippen molar-refractivity contribution in [1.82, 2.24) is 10.2 Å². The van der Waals surface area contributed by atoms with Crippen LogP contribution in [0.25, 0.3) is 0 Å². The van der Waals surface area contributed by atoms with Crippen molar-refractivity contribution in [2.24, 2.45) is 0 Å². The molecule has 27 heavy (non-hydrogen) atoms. The number of carbonyl (C=O) groups is 3. The molecule has 8 heteroatoms. The Bertz CT molecular complexity index is 750. The van der Waals surface area contributed by atoms with Gasteiger partial charge in [0.05, 0.1) is 19.1 Å². The fourth-order valence-corrected chi connectivity index (χ4v) is 4.03. The Hall–Kier alpha value is -2.77. The van der Waals surface area contributed by atoms with Gasteiger partial charge in [-0.15, -0.1) is 0 Å². The second kappa shape index (κ2) is 7.09. The molecule has 3 fully saturated rings. The molecular weight excluding hydrogens is 350 g/mol. The molecule has 3 unspecified atom stereocenters. The molecule has 0 spiro atoms. The largest absolute Gasteiger partial charge is 0.447 e. The van der Waals surface area contributed by atoms with Crippen molar-refractivity contribution in [3.8, 4) is 0 Å². The molecule has 3 aliphatic rings. The molecule has 0 saturated carbocycles. The zero-order chi connectivity index (χ0) is 19.0. The first-order valence-corrected chi connectivity index (χ1v) is 9.27. The van der Waals surface area contributed by atoms with Crippen LogP contribution in [0.1, 0.15) is 31.2 Å². The lowest BCUT2D eigenvalue weighted by atomic mass is 9.86. The standard InChI is InChI=1S/C19H23N3O5/c1-12(23)20-9-17-10-22(19(25)27-17)15-4-2-13(3-5-15)14-6-7-21-16(8-14)11-26-18(21)24/h2-5,14,16-17H,6-11H2,1H3,(H,20,23). The lowest BCUT2D eigenvalue weighted by Crippen LogP contribution is -2.40. The van der Waals surface area contributed by atoms with Gasteiger partial charge in [-0.1, -0.05) is 12.1 Å². The Morgan fingerprint density at radius 1 is 1.22 bits per heavy atom. The summed E-state index contributed by atoms with van der Waals surface area (Å²) >= 11 is 0. The van der Waals surface area contributed by atoms with E-state index in [1.54, 1.807) is 4.90 Å². The molecule has 0 radical (unpaired) electrons. The van der Waals surface area contributed by atoms with Crippen LogP contribution in [-0.2, 0) is 14.3 Å². The second-order valence-electron chi connectivity index (χ2n) is 7.29. The number of nitrogens with one attached hydrogen (secondary N) is 1. The van der Waals surface area contributed by atoms with E-state index in [0.717, 1.165) is 25.1 Å². The van der Waals surface area contributed by atoms with Crippen molar-refractivity contribution >= 4 is 23.8 Å². The number of piperidine rings is 1. The normalized spacial score (nSPS) is 27.2. The molecule has 0 aliphatic carbocycles. The van der Waals surface area contributed by atoms with Gasteiger partial charge in [-0.2, -0.15) is 0 Å². The van der Waals surface area contributed by atoms with Gasteiger partial charge in [-0.3, -0.25) is 9.69 Å². The van der Waals surface area contributed by atoms with Gasteiger partial charge in [-0.05, 0) is 36.5 Å². The maximum Gasteiger partial charge on any atom is 0.414 e. The average Bonchev–Trinajstić information content (AvgIpc) is 3.22. The number of cyclic esters (lactones) is 2. The molecule has 1 aromatic rings. The van der Waals surface area contributed by atoms with Crippen LogP contribution in [0, 0.1) is 0 Å². The van der Waals surface area contributed by atoms with Crippen LogP contribution in [0.4, 0.5) is 15.3 Å². The summed E-state index contributed by atoms with van der Waals surface area (Å²) in [6.07, 6.45) is 0.874. The molecule has 144 valence electrons. The van der Waals surface area contributed by atoms with Crippen LogP contribution < -0.4 is 10.2 Å². The van der Waals surface area contributed by atoms with Gasteiger partial charge in [0.1, 0.15) is 12.7 Å². The van der Waals surface area contributed by atoms with E-state index in [0.29, 0.717) is 25.6 Å². The first-order valence-electron chi connectivity index (χ1n) is 9.27. The summed E-state index contributed by atoms with van der Waals surface area (Å²) in [6.45, 7) is 3.36. The predicted octanol–water partition coefficient (Wildman–Crippen LogP) is 1.85. The molecule has 3 heterocycles. The van der Waals surface area contributed by atoms with Crippen molar-refractivity contribution in [2.45, 2.75) is 37.8 Å². The molecule has 1 aromatic carbocycles. The molecule has 3 amide bonds. The van der Waals surface area contributed by atoms with Gasteiger partial charge >= 0.3 is 12.2 Å². The summed E-state index contributed by atoms with van der Waals surface area (Å²) in [5, 5.41) is 2.67. The summed E-state index contributed by atoms with van der Waals surface area (Å²) < 4.78 is 10.4. The highest BCUT2D eigenvalue weighted by atomic mass is 16.6. The molecule has 0 bridgehead atoms. The van der Waals surface area contributed by atoms with Gasteiger partial charge in [0.25, 0.3) is 0 Å². The minimum atomic E-state index is -0.395. The van der Waals surface area contributed by atoms with E-state index in [1.165, 1.54) is 12.5 Å². The quantitative estimate of drug-likeness (QED) is 0.870. The summed E-state index contributed by atoms with van der Waals surface area (Å²) in [5.74, 6) is 0.238. The van der Waals surface area contributed by atoms with Gasteiger partial charge in [0, 0.05) is 19.2 Å². The number of ether oxygens (including phenoxy) is 2. The third-order valence-electron chi connectivity index (χ3n) is 5.48. The number of hydrogen-bond donors (Lipinski definition) is 1. The van der Waals surface area contributed by atoms with Gasteiger partial charge in [0.15, 0.2) is 0 Å². The van der Waals surface area contributed by atoms with Crippen molar-refractivity contribution < 1.29 is 23.9 Å². The number of carbonyl (C=O) groups excluding carboxylic acids is 3. The van der Waals surface area contributed by atoms with Crippen molar-refractivity contribution in [1.29, 1.82) is 0 Å².